The zero-order valence-electron chi connectivity index (χ0n) is 13.9. The van der Waals surface area contributed by atoms with Crippen LogP contribution in [0.15, 0.2) is 30.3 Å². The van der Waals surface area contributed by atoms with Crippen LogP contribution < -0.4 is 10.6 Å². The Hall–Kier alpha value is -2.04. The fourth-order valence-corrected chi connectivity index (χ4v) is 2.74. The van der Waals surface area contributed by atoms with Crippen LogP contribution in [0.2, 0.25) is 0 Å². The number of hydrogen-bond donors (Lipinski definition) is 2. The van der Waals surface area contributed by atoms with E-state index < -0.39 is 12.1 Å². The van der Waals surface area contributed by atoms with Gasteiger partial charge in [0.25, 0.3) is 0 Å². The van der Waals surface area contributed by atoms with Gasteiger partial charge in [-0.25, -0.2) is 4.79 Å². The lowest BCUT2D eigenvalue weighted by Gasteiger charge is -2.28. The summed E-state index contributed by atoms with van der Waals surface area (Å²) in [6.07, 6.45) is 3.74. The third-order valence-corrected chi connectivity index (χ3v) is 4.30. The van der Waals surface area contributed by atoms with Crippen LogP contribution in [-0.2, 0) is 16.1 Å². The Morgan fingerprint density at radius 3 is 2.48 bits per heavy atom. The number of rotatable bonds is 5. The topological polar surface area (TPSA) is 67.4 Å². The van der Waals surface area contributed by atoms with Crippen molar-refractivity contribution in [3.63, 3.8) is 0 Å². The van der Waals surface area contributed by atoms with E-state index in [0.29, 0.717) is 0 Å². The van der Waals surface area contributed by atoms with Gasteiger partial charge < -0.3 is 15.4 Å². The summed E-state index contributed by atoms with van der Waals surface area (Å²) < 4.78 is 5.12. The summed E-state index contributed by atoms with van der Waals surface area (Å²) in [6.45, 7) is 4.11. The van der Waals surface area contributed by atoms with Gasteiger partial charge in [0.2, 0.25) is 5.91 Å². The minimum absolute atomic E-state index is 0.152. The van der Waals surface area contributed by atoms with Crippen LogP contribution >= 0.6 is 0 Å². The molecule has 0 aromatic heterocycles. The highest BCUT2D eigenvalue weighted by Gasteiger charge is 2.23. The lowest BCUT2D eigenvalue weighted by Crippen LogP contribution is -2.48. The third-order valence-electron chi connectivity index (χ3n) is 4.30. The molecule has 1 aliphatic carbocycles. The number of hydrogen-bond acceptors (Lipinski definition) is 3. The first kappa shape index (κ1) is 17.3. The molecule has 0 unspecified atom stereocenters. The number of nitrogens with one attached hydrogen (secondary N) is 2. The van der Waals surface area contributed by atoms with Crippen LogP contribution in [0.5, 0.6) is 0 Å². The number of benzene rings is 1. The van der Waals surface area contributed by atoms with E-state index in [1.165, 1.54) is 0 Å². The van der Waals surface area contributed by atoms with E-state index in [-0.39, 0.29) is 18.6 Å². The standard InChI is InChI=1S/C18H26N2O3/c1-13-8-10-16(11-9-13)20-17(21)14(2)19-18(22)23-12-15-6-4-3-5-7-15/h3-7,13-14,16H,8-12H2,1-2H3,(H,19,22)(H,20,21)/t13?,14-,16?/m0/s1. The smallest absolute Gasteiger partial charge is 0.408 e. The van der Waals surface area contributed by atoms with Crippen molar-refractivity contribution in [3.05, 3.63) is 35.9 Å². The van der Waals surface area contributed by atoms with E-state index in [1.54, 1.807) is 6.92 Å². The molecule has 0 aliphatic heterocycles. The molecule has 23 heavy (non-hydrogen) atoms. The molecule has 5 nitrogen and oxygen atoms in total. The lowest BCUT2D eigenvalue weighted by molar-refractivity contribution is -0.123. The van der Waals surface area contributed by atoms with E-state index in [9.17, 15) is 9.59 Å². The maximum absolute atomic E-state index is 12.1. The average molecular weight is 318 g/mol. The summed E-state index contributed by atoms with van der Waals surface area (Å²) in [4.78, 5) is 23.9. The van der Waals surface area contributed by atoms with Crippen LogP contribution in [0.1, 0.15) is 45.1 Å². The first-order valence-corrected chi connectivity index (χ1v) is 8.32. The number of alkyl carbamates (subject to hydrolysis) is 1. The van der Waals surface area contributed by atoms with Crippen molar-refractivity contribution in [2.24, 2.45) is 5.92 Å². The lowest BCUT2D eigenvalue weighted by atomic mass is 9.87. The van der Waals surface area contributed by atoms with Crippen molar-refractivity contribution in [3.8, 4) is 0 Å². The Labute approximate surface area is 137 Å². The minimum Gasteiger partial charge on any atom is -0.445 e. The molecule has 1 aromatic rings. The Morgan fingerprint density at radius 1 is 1.17 bits per heavy atom. The van der Waals surface area contributed by atoms with E-state index in [0.717, 1.165) is 37.2 Å². The molecule has 0 heterocycles. The highest BCUT2D eigenvalue weighted by molar-refractivity contribution is 5.85. The summed E-state index contributed by atoms with van der Waals surface area (Å²) in [5.41, 5.74) is 0.913. The second-order valence-corrected chi connectivity index (χ2v) is 6.39. The summed E-state index contributed by atoms with van der Waals surface area (Å²) in [5, 5.41) is 5.58. The van der Waals surface area contributed by atoms with Gasteiger partial charge in [0, 0.05) is 6.04 Å². The van der Waals surface area contributed by atoms with Gasteiger partial charge in [-0.15, -0.1) is 0 Å². The number of carbonyl (C=O) groups is 2. The molecule has 2 rings (SSSR count). The molecule has 1 aliphatic rings. The quantitative estimate of drug-likeness (QED) is 0.877. The number of carbonyl (C=O) groups excluding carboxylic acids is 2. The van der Waals surface area contributed by atoms with Crippen molar-refractivity contribution >= 4 is 12.0 Å². The van der Waals surface area contributed by atoms with Crippen LogP contribution in [-0.4, -0.2) is 24.1 Å². The second-order valence-electron chi connectivity index (χ2n) is 6.39. The highest BCUT2D eigenvalue weighted by Crippen LogP contribution is 2.23. The molecule has 1 atom stereocenters. The minimum atomic E-state index is -0.599. The zero-order chi connectivity index (χ0) is 16.7. The predicted molar refractivity (Wildman–Crippen MR) is 88.8 cm³/mol. The van der Waals surface area contributed by atoms with Crippen molar-refractivity contribution in [2.45, 2.75) is 58.2 Å². The van der Waals surface area contributed by atoms with E-state index in [2.05, 4.69) is 17.6 Å². The summed E-state index contributed by atoms with van der Waals surface area (Å²) in [5.74, 6) is 0.591. The molecule has 126 valence electrons. The van der Waals surface area contributed by atoms with Gasteiger partial charge in [0.05, 0.1) is 0 Å². The van der Waals surface area contributed by atoms with Gasteiger partial charge in [-0.1, -0.05) is 37.3 Å². The van der Waals surface area contributed by atoms with Gasteiger partial charge in [-0.05, 0) is 44.1 Å². The van der Waals surface area contributed by atoms with Gasteiger partial charge in [0.1, 0.15) is 12.6 Å². The summed E-state index contributed by atoms with van der Waals surface area (Å²) in [6, 6.07) is 9.07. The molecule has 1 fully saturated rings. The average Bonchev–Trinajstić information content (AvgIpc) is 2.56. The Morgan fingerprint density at radius 2 is 1.83 bits per heavy atom. The van der Waals surface area contributed by atoms with Gasteiger partial charge in [-0.3, -0.25) is 4.79 Å². The molecule has 0 saturated heterocycles. The van der Waals surface area contributed by atoms with Gasteiger partial charge in [0.15, 0.2) is 0 Å². The fraction of sp³-hybridized carbons (Fsp3) is 0.556. The molecular weight excluding hydrogens is 292 g/mol. The SMILES string of the molecule is CC1CCC(NC(=O)[C@H](C)NC(=O)OCc2ccccc2)CC1. The van der Waals surface area contributed by atoms with E-state index >= 15 is 0 Å². The molecular formula is C18H26N2O3. The largest absolute Gasteiger partial charge is 0.445 e. The molecule has 5 heteroatoms. The highest BCUT2D eigenvalue weighted by atomic mass is 16.5. The molecule has 1 aromatic carbocycles. The van der Waals surface area contributed by atoms with Gasteiger partial charge >= 0.3 is 6.09 Å². The van der Waals surface area contributed by atoms with Crippen LogP contribution in [0.25, 0.3) is 0 Å². The van der Waals surface area contributed by atoms with Crippen molar-refractivity contribution < 1.29 is 14.3 Å². The maximum atomic E-state index is 12.1. The molecule has 1 saturated carbocycles. The first-order chi connectivity index (χ1) is 11.0. The number of amides is 2. The summed E-state index contributed by atoms with van der Waals surface area (Å²) >= 11 is 0. The molecule has 0 spiro atoms. The first-order valence-electron chi connectivity index (χ1n) is 8.32. The van der Waals surface area contributed by atoms with Gasteiger partial charge in [-0.2, -0.15) is 0 Å². The van der Waals surface area contributed by atoms with Crippen LogP contribution in [0.4, 0.5) is 4.79 Å². The summed E-state index contributed by atoms with van der Waals surface area (Å²) in [7, 11) is 0. The normalized spacial score (nSPS) is 22.0. The Balaban J connectivity index is 1.69. The fourth-order valence-electron chi connectivity index (χ4n) is 2.74. The van der Waals surface area contributed by atoms with Crippen LogP contribution in [0.3, 0.4) is 0 Å². The molecule has 0 bridgehead atoms. The zero-order valence-corrected chi connectivity index (χ0v) is 13.9. The molecule has 2 amide bonds. The van der Waals surface area contributed by atoms with E-state index in [4.69, 9.17) is 4.74 Å². The maximum Gasteiger partial charge on any atom is 0.408 e. The van der Waals surface area contributed by atoms with Crippen molar-refractivity contribution in [1.29, 1.82) is 0 Å². The third kappa shape index (κ3) is 5.93. The monoisotopic (exact) mass is 318 g/mol. The molecule has 0 radical (unpaired) electrons. The number of ether oxygens (including phenoxy) is 1. The van der Waals surface area contributed by atoms with E-state index in [1.807, 2.05) is 30.3 Å². The Kier molecular flexibility index (Phi) is 6.44. The van der Waals surface area contributed by atoms with Crippen molar-refractivity contribution in [1.82, 2.24) is 10.6 Å². The Bertz CT molecular complexity index is 510. The molecule has 2 N–H and O–H groups in total. The van der Waals surface area contributed by atoms with Crippen LogP contribution in [0, 0.1) is 5.92 Å². The second kappa shape index (κ2) is 8.56. The van der Waals surface area contributed by atoms with Crippen molar-refractivity contribution in [2.75, 3.05) is 0 Å². The predicted octanol–water partition coefficient (Wildman–Crippen LogP) is 3.00.